The largest absolute Gasteiger partial charge is 0.196 e. The third kappa shape index (κ3) is 4.30. The molecule has 1 aliphatic carbocycles. The second-order valence-corrected chi connectivity index (χ2v) is 5.78. The zero-order valence-electron chi connectivity index (χ0n) is 10.8. The number of rotatable bonds is 1. The first kappa shape index (κ1) is 13.2. The molecule has 0 saturated heterocycles. The second-order valence-electron chi connectivity index (χ2n) is 5.78. The van der Waals surface area contributed by atoms with Gasteiger partial charge in [-0.2, -0.15) is 15.5 Å². The first-order valence-corrected chi connectivity index (χ1v) is 6.33. The molecule has 0 atom stereocenters. The number of hydrogen-bond donors (Lipinski definition) is 0. The SMILES string of the molecule is CC(C)(C)N=NC1(C#N)CCCCCCC1. The number of hydrogen-bond acceptors (Lipinski definition) is 3. The summed E-state index contributed by atoms with van der Waals surface area (Å²) >= 11 is 0. The third-order valence-electron chi connectivity index (χ3n) is 2.93. The van der Waals surface area contributed by atoms with E-state index in [0.717, 1.165) is 25.7 Å². The predicted octanol–water partition coefficient (Wildman–Crippen LogP) is 4.24. The molecule has 0 aliphatic heterocycles. The lowest BCUT2D eigenvalue weighted by atomic mass is 9.86. The van der Waals surface area contributed by atoms with Gasteiger partial charge >= 0.3 is 0 Å². The van der Waals surface area contributed by atoms with Crippen LogP contribution in [0.5, 0.6) is 0 Å². The van der Waals surface area contributed by atoms with Crippen LogP contribution in [-0.2, 0) is 0 Å². The highest BCUT2D eigenvalue weighted by Crippen LogP contribution is 2.30. The highest BCUT2D eigenvalue weighted by atomic mass is 15.2. The zero-order valence-corrected chi connectivity index (χ0v) is 10.8. The molecule has 1 aliphatic rings. The Morgan fingerprint density at radius 3 is 1.94 bits per heavy atom. The monoisotopic (exact) mass is 221 g/mol. The topological polar surface area (TPSA) is 48.5 Å². The van der Waals surface area contributed by atoms with E-state index in [1.165, 1.54) is 19.3 Å². The van der Waals surface area contributed by atoms with Crippen LogP contribution in [0.2, 0.25) is 0 Å². The Bertz CT molecular complexity index is 273. The van der Waals surface area contributed by atoms with Gasteiger partial charge in [0.1, 0.15) is 0 Å². The zero-order chi connectivity index (χ0) is 12.1. The summed E-state index contributed by atoms with van der Waals surface area (Å²) in [7, 11) is 0. The minimum atomic E-state index is -0.534. The molecule has 1 fully saturated rings. The van der Waals surface area contributed by atoms with Crippen LogP contribution in [0.1, 0.15) is 65.7 Å². The molecule has 0 bridgehead atoms. The van der Waals surface area contributed by atoms with E-state index in [4.69, 9.17) is 0 Å². The van der Waals surface area contributed by atoms with Crippen molar-refractivity contribution in [1.29, 1.82) is 5.26 Å². The minimum absolute atomic E-state index is 0.174. The van der Waals surface area contributed by atoms with Crippen molar-refractivity contribution < 1.29 is 0 Å². The summed E-state index contributed by atoms with van der Waals surface area (Å²) in [5.74, 6) is 0. The van der Waals surface area contributed by atoms with Crippen LogP contribution < -0.4 is 0 Å². The average Bonchev–Trinajstić information content (AvgIpc) is 2.16. The van der Waals surface area contributed by atoms with E-state index in [1.54, 1.807) is 0 Å². The molecule has 0 aromatic rings. The van der Waals surface area contributed by atoms with Crippen molar-refractivity contribution in [1.82, 2.24) is 0 Å². The first-order chi connectivity index (χ1) is 7.47. The molecule has 3 nitrogen and oxygen atoms in total. The van der Waals surface area contributed by atoms with E-state index < -0.39 is 5.54 Å². The molecule has 0 amide bonds. The molecule has 16 heavy (non-hydrogen) atoms. The summed E-state index contributed by atoms with van der Waals surface area (Å²) in [6.45, 7) is 6.06. The normalized spacial score (nSPS) is 22.4. The van der Waals surface area contributed by atoms with Gasteiger partial charge in [0.25, 0.3) is 0 Å². The van der Waals surface area contributed by atoms with Crippen LogP contribution in [0.15, 0.2) is 10.2 Å². The van der Waals surface area contributed by atoms with Gasteiger partial charge in [0.05, 0.1) is 11.6 Å². The van der Waals surface area contributed by atoms with Gasteiger partial charge in [0.2, 0.25) is 0 Å². The molecule has 90 valence electrons. The highest BCUT2D eigenvalue weighted by Gasteiger charge is 2.30. The molecular weight excluding hydrogens is 198 g/mol. The Balaban J connectivity index is 2.74. The Morgan fingerprint density at radius 2 is 1.50 bits per heavy atom. The fourth-order valence-corrected chi connectivity index (χ4v) is 1.97. The van der Waals surface area contributed by atoms with Crippen LogP contribution in [-0.4, -0.2) is 11.1 Å². The fourth-order valence-electron chi connectivity index (χ4n) is 1.97. The maximum absolute atomic E-state index is 9.35. The standard InChI is InChI=1S/C13H23N3/c1-12(2,3)15-16-13(11-14)9-7-5-4-6-8-10-13/h4-10H2,1-3H3. The van der Waals surface area contributed by atoms with Gasteiger partial charge in [-0.05, 0) is 46.5 Å². The van der Waals surface area contributed by atoms with Crippen LogP contribution >= 0.6 is 0 Å². The van der Waals surface area contributed by atoms with Crippen molar-refractivity contribution in [2.45, 2.75) is 76.8 Å². The molecule has 1 rings (SSSR count). The van der Waals surface area contributed by atoms with Crippen molar-refractivity contribution in [3.8, 4) is 6.07 Å². The maximum Gasteiger partial charge on any atom is 0.167 e. The molecule has 3 heteroatoms. The van der Waals surface area contributed by atoms with E-state index >= 15 is 0 Å². The molecule has 0 aromatic heterocycles. The van der Waals surface area contributed by atoms with Gasteiger partial charge in [-0.25, -0.2) is 0 Å². The maximum atomic E-state index is 9.35. The van der Waals surface area contributed by atoms with E-state index in [1.807, 2.05) is 20.8 Å². The Labute approximate surface area is 99.0 Å². The number of nitriles is 1. The van der Waals surface area contributed by atoms with E-state index in [0.29, 0.717) is 0 Å². The van der Waals surface area contributed by atoms with E-state index in [9.17, 15) is 5.26 Å². The summed E-state index contributed by atoms with van der Waals surface area (Å²) < 4.78 is 0. The number of nitrogens with zero attached hydrogens (tertiary/aromatic N) is 3. The molecule has 0 heterocycles. The van der Waals surface area contributed by atoms with Crippen LogP contribution in [0.4, 0.5) is 0 Å². The fraction of sp³-hybridized carbons (Fsp3) is 0.923. The van der Waals surface area contributed by atoms with Crippen molar-refractivity contribution in [2.24, 2.45) is 10.2 Å². The smallest absolute Gasteiger partial charge is 0.167 e. The van der Waals surface area contributed by atoms with Gasteiger partial charge < -0.3 is 0 Å². The average molecular weight is 221 g/mol. The molecule has 0 radical (unpaired) electrons. The molecule has 0 N–H and O–H groups in total. The van der Waals surface area contributed by atoms with Crippen LogP contribution in [0, 0.1) is 11.3 Å². The van der Waals surface area contributed by atoms with Gasteiger partial charge in [0.15, 0.2) is 5.54 Å². The molecular formula is C13H23N3. The van der Waals surface area contributed by atoms with Crippen molar-refractivity contribution in [2.75, 3.05) is 0 Å². The lowest BCUT2D eigenvalue weighted by molar-refractivity contribution is 0.359. The second kappa shape index (κ2) is 5.43. The van der Waals surface area contributed by atoms with E-state index in [2.05, 4.69) is 16.3 Å². The Kier molecular flexibility index (Phi) is 4.46. The molecule has 1 saturated carbocycles. The molecule has 0 aromatic carbocycles. The summed E-state index contributed by atoms with van der Waals surface area (Å²) in [4.78, 5) is 0. The van der Waals surface area contributed by atoms with Gasteiger partial charge in [-0.3, -0.25) is 0 Å². The first-order valence-electron chi connectivity index (χ1n) is 6.33. The Morgan fingerprint density at radius 1 is 1.00 bits per heavy atom. The minimum Gasteiger partial charge on any atom is -0.196 e. The molecule has 0 spiro atoms. The van der Waals surface area contributed by atoms with Crippen molar-refractivity contribution >= 4 is 0 Å². The summed E-state index contributed by atoms with van der Waals surface area (Å²) in [5.41, 5.74) is -0.708. The van der Waals surface area contributed by atoms with Crippen LogP contribution in [0.25, 0.3) is 0 Å². The van der Waals surface area contributed by atoms with E-state index in [-0.39, 0.29) is 5.54 Å². The van der Waals surface area contributed by atoms with Crippen LogP contribution in [0.3, 0.4) is 0 Å². The van der Waals surface area contributed by atoms with Crippen molar-refractivity contribution in [3.63, 3.8) is 0 Å². The Hall–Kier alpha value is -0.910. The quantitative estimate of drug-likeness (QED) is 0.611. The molecule has 0 unspecified atom stereocenters. The summed E-state index contributed by atoms with van der Waals surface area (Å²) in [6.07, 6.45) is 7.74. The van der Waals surface area contributed by atoms with Gasteiger partial charge in [0, 0.05) is 0 Å². The predicted molar refractivity (Wildman–Crippen MR) is 65.3 cm³/mol. The number of azo groups is 1. The third-order valence-corrected chi connectivity index (χ3v) is 2.93. The highest BCUT2D eigenvalue weighted by molar-refractivity contribution is 5.07. The summed E-state index contributed by atoms with van der Waals surface area (Å²) in [5, 5.41) is 18.0. The lowest BCUT2D eigenvalue weighted by Crippen LogP contribution is -2.26. The summed E-state index contributed by atoms with van der Waals surface area (Å²) in [6, 6.07) is 2.40. The van der Waals surface area contributed by atoms with Gasteiger partial charge in [-0.1, -0.05) is 19.3 Å². The van der Waals surface area contributed by atoms with Gasteiger partial charge in [-0.15, -0.1) is 0 Å². The lowest BCUT2D eigenvalue weighted by Gasteiger charge is -2.24. The van der Waals surface area contributed by atoms with Crippen molar-refractivity contribution in [3.05, 3.63) is 0 Å².